The second-order valence-corrected chi connectivity index (χ2v) is 14.3. The molecular formula is C36H32F6N8O. The van der Waals surface area contributed by atoms with Crippen molar-refractivity contribution in [2.24, 2.45) is 0 Å². The second-order valence-electron chi connectivity index (χ2n) is 14.3. The number of ether oxygens (including phenoxy) is 1. The van der Waals surface area contributed by atoms with Crippen LogP contribution in [0.3, 0.4) is 0 Å². The van der Waals surface area contributed by atoms with Crippen molar-refractivity contribution < 1.29 is 31.1 Å². The molecule has 3 aromatic rings. The van der Waals surface area contributed by atoms with Crippen molar-refractivity contribution >= 4 is 28.0 Å². The first kappa shape index (κ1) is 33.3. The lowest BCUT2D eigenvalue weighted by molar-refractivity contribution is -0.137. The Morgan fingerprint density at radius 1 is 1.16 bits per heavy atom. The Labute approximate surface area is 289 Å². The maximum absolute atomic E-state index is 17.4. The minimum atomic E-state index is -5.06. The van der Waals surface area contributed by atoms with Gasteiger partial charge in [0.15, 0.2) is 5.82 Å². The van der Waals surface area contributed by atoms with Gasteiger partial charge in [0.1, 0.15) is 30.1 Å². The van der Waals surface area contributed by atoms with Gasteiger partial charge in [0.2, 0.25) is 0 Å². The Morgan fingerprint density at radius 2 is 1.92 bits per heavy atom. The van der Waals surface area contributed by atoms with E-state index >= 15 is 4.39 Å². The highest BCUT2D eigenvalue weighted by molar-refractivity contribution is 6.07. The molecule has 8 rings (SSSR count). The van der Waals surface area contributed by atoms with Gasteiger partial charge in [-0.2, -0.15) is 42.4 Å². The Kier molecular flexibility index (Phi) is 7.56. The van der Waals surface area contributed by atoms with Gasteiger partial charge in [-0.3, -0.25) is 4.90 Å². The molecule has 0 spiro atoms. The molecule has 6 heterocycles. The maximum Gasteiger partial charge on any atom is 0.417 e. The van der Waals surface area contributed by atoms with E-state index < -0.39 is 56.9 Å². The average Bonchev–Trinajstić information content (AvgIpc) is 3.74. The lowest BCUT2D eigenvalue weighted by atomic mass is 9.83. The number of nitrogens with two attached hydrogens (primary N) is 1. The number of hydrogen-bond donors (Lipinski definition) is 2. The van der Waals surface area contributed by atoms with Crippen molar-refractivity contribution in [1.29, 1.82) is 10.5 Å². The third-order valence-electron chi connectivity index (χ3n) is 11.4. The summed E-state index contributed by atoms with van der Waals surface area (Å²) in [5, 5.41) is 24.5. The number of nitrogen functional groups attached to an aromatic ring is 1. The number of rotatable bonds is 4. The van der Waals surface area contributed by atoms with Gasteiger partial charge in [-0.1, -0.05) is 6.58 Å². The van der Waals surface area contributed by atoms with Crippen molar-refractivity contribution in [3.8, 4) is 29.3 Å². The number of piperazine rings is 1. The Balaban J connectivity index is 1.40. The van der Waals surface area contributed by atoms with Crippen molar-refractivity contribution in [2.75, 3.05) is 36.9 Å². The predicted octanol–water partition coefficient (Wildman–Crippen LogP) is 6.58. The molecule has 15 heteroatoms. The van der Waals surface area contributed by atoms with E-state index in [4.69, 9.17) is 15.5 Å². The minimum Gasteiger partial charge on any atom is -0.461 e. The number of nitriles is 2. The Hall–Kier alpha value is -4.86. The quantitative estimate of drug-likeness (QED) is 0.229. The zero-order valence-corrected chi connectivity index (χ0v) is 27.5. The van der Waals surface area contributed by atoms with Crippen LogP contribution in [-0.4, -0.2) is 64.8 Å². The molecule has 0 saturated carbocycles. The van der Waals surface area contributed by atoms with Crippen LogP contribution in [0.5, 0.6) is 6.01 Å². The molecule has 2 aromatic carbocycles. The van der Waals surface area contributed by atoms with Gasteiger partial charge in [-0.25, -0.2) is 4.39 Å². The monoisotopic (exact) mass is 706 g/mol. The van der Waals surface area contributed by atoms with E-state index in [0.717, 1.165) is 32.3 Å². The number of aryl methyl sites for hydroxylation is 1. The minimum absolute atomic E-state index is 0.0112. The molecule has 0 aliphatic carbocycles. The third-order valence-corrected chi connectivity index (χ3v) is 11.4. The summed E-state index contributed by atoms with van der Waals surface area (Å²) in [6.07, 6.45) is -3.37. The molecular weight excluding hydrogens is 674 g/mol. The number of halogens is 6. The summed E-state index contributed by atoms with van der Waals surface area (Å²) < 4.78 is 95.5. The summed E-state index contributed by atoms with van der Waals surface area (Å²) in [5.41, 5.74) is 0.749. The number of fused-ring (bicyclic) bond motifs is 6. The molecule has 9 nitrogen and oxygen atoms in total. The first-order chi connectivity index (χ1) is 24.3. The Morgan fingerprint density at radius 3 is 2.63 bits per heavy atom. The van der Waals surface area contributed by atoms with E-state index in [2.05, 4.69) is 16.9 Å². The largest absolute Gasteiger partial charge is 0.461 e. The number of anilines is 2. The van der Waals surface area contributed by atoms with Crippen molar-refractivity contribution in [3.05, 3.63) is 57.9 Å². The van der Waals surface area contributed by atoms with Crippen molar-refractivity contribution in [2.45, 2.75) is 75.3 Å². The fourth-order valence-corrected chi connectivity index (χ4v) is 9.25. The molecule has 0 radical (unpaired) electrons. The second kappa shape index (κ2) is 11.6. The van der Waals surface area contributed by atoms with Crippen LogP contribution in [0.25, 0.3) is 27.6 Å². The smallest absolute Gasteiger partial charge is 0.417 e. The normalized spacial score (nSPS) is 25.4. The molecule has 5 aliphatic heterocycles. The summed E-state index contributed by atoms with van der Waals surface area (Å²) in [7, 11) is 0. The molecule has 1 aromatic heterocycles. The predicted molar refractivity (Wildman–Crippen MR) is 176 cm³/mol. The molecule has 3 N–H and O–H groups in total. The standard InChI is InChI=1S/C36H32F6N8O/c1-16-9-24-23-5-4-19(46-23)14-50(24)33-28-25(16)21(12-44)27(26-20(11-43)22(45)8-17(2)29(26)36(40,41)42)30(37)31(28)47-34(48-33)51-15-35-6-3-7-49(35)13-18(10-35)32(38)39/h8,19,23-24,46H,1,3-7,9-10,13-15,45H2,2H3/t19-,23+,24-,35+/m1/s1. The van der Waals surface area contributed by atoms with Gasteiger partial charge in [0, 0.05) is 53.5 Å². The third kappa shape index (κ3) is 4.96. The van der Waals surface area contributed by atoms with E-state index in [-0.39, 0.29) is 83.7 Å². The van der Waals surface area contributed by atoms with Crippen LogP contribution in [0, 0.1) is 35.4 Å². The fraction of sp³-hybridized carbons (Fsp3) is 0.444. The molecule has 4 fully saturated rings. The van der Waals surface area contributed by atoms with E-state index in [9.17, 15) is 32.5 Å². The zero-order valence-electron chi connectivity index (χ0n) is 27.5. The van der Waals surface area contributed by atoms with Gasteiger partial charge in [0.25, 0.3) is 6.08 Å². The first-order valence-corrected chi connectivity index (χ1v) is 16.8. The summed E-state index contributed by atoms with van der Waals surface area (Å²) >= 11 is 0. The van der Waals surface area contributed by atoms with Crippen LogP contribution >= 0.6 is 0 Å². The van der Waals surface area contributed by atoms with Crippen LogP contribution < -0.4 is 20.7 Å². The van der Waals surface area contributed by atoms with Gasteiger partial charge < -0.3 is 20.7 Å². The number of hydrogen-bond acceptors (Lipinski definition) is 9. The van der Waals surface area contributed by atoms with Gasteiger partial charge in [-0.15, -0.1) is 0 Å². The van der Waals surface area contributed by atoms with Crippen molar-refractivity contribution in [1.82, 2.24) is 20.2 Å². The molecule has 5 aliphatic rings. The van der Waals surface area contributed by atoms with E-state index in [1.54, 1.807) is 6.07 Å². The number of aromatic nitrogens is 2. The SMILES string of the molecule is C=C1C[C@@H]2[C@@H]3CC[C@H](CN2c2nc(OC[C@@]45CCCN4CC(=C(F)F)C5)nc4c(F)c(-c5c(C#N)c(N)cc(C)c5C(F)(F)F)c(C#N)c1c24)N3. The van der Waals surface area contributed by atoms with Crippen molar-refractivity contribution in [3.63, 3.8) is 0 Å². The number of benzene rings is 2. The highest BCUT2D eigenvalue weighted by Crippen LogP contribution is 2.51. The highest BCUT2D eigenvalue weighted by atomic mass is 19.4. The number of alkyl halides is 3. The fourth-order valence-electron chi connectivity index (χ4n) is 9.25. The van der Waals surface area contributed by atoms with E-state index in [1.165, 1.54) is 0 Å². The molecule has 0 unspecified atom stereocenters. The summed E-state index contributed by atoms with van der Waals surface area (Å²) in [6, 6.07) is 4.21. The van der Waals surface area contributed by atoms with Crippen LogP contribution in [0.2, 0.25) is 0 Å². The van der Waals surface area contributed by atoms with Gasteiger partial charge in [-0.05, 0) is 69.2 Å². The van der Waals surface area contributed by atoms with Crippen LogP contribution in [0.4, 0.5) is 37.8 Å². The first-order valence-electron chi connectivity index (χ1n) is 16.8. The maximum atomic E-state index is 17.4. The average molecular weight is 707 g/mol. The van der Waals surface area contributed by atoms with Crippen LogP contribution in [-0.2, 0) is 6.18 Å². The molecule has 0 amide bonds. The molecule has 4 atom stereocenters. The molecule has 51 heavy (non-hydrogen) atoms. The molecule has 264 valence electrons. The summed E-state index contributed by atoms with van der Waals surface area (Å²) in [5.74, 6) is -1.03. The van der Waals surface area contributed by atoms with Gasteiger partial charge in [0.05, 0.1) is 33.3 Å². The van der Waals surface area contributed by atoms with E-state index in [0.29, 0.717) is 25.1 Å². The molecule has 2 bridgehead atoms. The lowest BCUT2D eigenvalue weighted by Gasteiger charge is -2.41. The van der Waals surface area contributed by atoms with E-state index in [1.807, 2.05) is 15.9 Å². The number of nitrogens with one attached hydrogen (secondary N) is 1. The summed E-state index contributed by atoms with van der Waals surface area (Å²) in [4.78, 5) is 13.2. The van der Waals surface area contributed by atoms with Gasteiger partial charge >= 0.3 is 12.2 Å². The topological polar surface area (TPSA) is 127 Å². The molecule has 4 saturated heterocycles. The Bertz CT molecular complexity index is 2170. The lowest BCUT2D eigenvalue weighted by Crippen LogP contribution is -2.58. The number of nitrogens with zero attached hydrogens (tertiary/aromatic N) is 6. The zero-order chi connectivity index (χ0) is 36.1. The summed E-state index contributed by atoms with van der Waals surface area (Å²) in [6.45, 7) is 6.50. The van der Waals surface area contributed by atoms with Crippen LogP contribution in [0.1, 0.15) is 66.3 Å². The van der Waals surface area contributed by atoms with Crippen LogP contribution in [0.15, 0.2) is 24.3 Å². The highest BCUT2D eigenvalue weighted by Gasteiger charge is 2.49.